The van der Waals surface area contributed by atoms with E-state index in [0.29, 0.717) is 42.4 Å². The second kappa shape index (κ2) is 10.8. The molecular weight excluding hydrogens is 592 g/mol. The Morgan fingerprint density at radius 2 is 1.98 bits per heavy atom. The van der Waals surface area contributed by atoms with Crippen LogP contribution in [0.5, 0.6) is 5.75 Å². The number of ether oxygens (including phenoxy) is 1. The summed E-state index contributed by atoms with van der Waals surface area (Å²) in [6.45, 7) is 4.18. The second-order valence-corrected chi connectivity index (χ2v) is 12.9. The Kier molecular flexibility index (Phi) is 7.16. The van der Waals surface area contributed by atoms with Crippen LogP contribution < -0.4 is 10.1 Å². The molecule has 2 unspecified atom stereocenters. The molecule has 3 fully saturated rings. The first-order valence-electron chi connectivity index (χ1n) is 14.7. The van der Waals surface area contributed by atoms with Crippen LogP contribution in [0.4, 0.5) is 10.1 Å². The fourth-order valence-electron chi connectivity index (χ4n) is 7.98. The highest BCUT2D eigenvalue weighted by Gasteiger charge is 2.69. The zero-order valence-electron chi connectivity index (χ0n) is 23.6. The third-order valence-corrected chi connectivity index (χ3v) is 10.3. The van der Waals surface area contributed by atoms with Crippen LogP contribution >= 0.6 is 23.2 Å². The molecule has 6 atom stereocenters. The molecule has 7 rings (SSSR count). The molecular formula is C33H32Cl2FN3O4. The van der Waals surface area contributed by atoms with Crippen LogP contribution in [0.3, 0.4) is 0 Å². The third kappa shape index (κ3) is 4.53. The SMILES string of the molecule is CCOc1cccc(CN2[C@H]3CCN(CC4CC4C(=O)O)[C@H]3[C@H](c3cccc(Cl)c3F)[C@]23C(=O)Nc2cc(Cl)ccc23)c1. The number of carboxylic acids is 1. The maximum atomic E-state index is 16.2. The number of carbonyl (C=O) groups excluding carboxylic acids is 1. The van der Waals surface area contributed by atoms with Gasteiger partial charge in [0.05, 0.1) is 17.5 Å². The van der Waals surface area contributed by atoms with Crippen molar-refractivity contribution < 1.29 is 23.8 Å². The predicted octanol–water partition coefficient (Wildman–Crippen LogP) is 6.14. The zero-order valence-corrected chi connectivity index (χ0v) is 25.1. The van der Waals surface area contributed by atoms with Crippen molar-refractivity contribution >= 4 is 40.8 Å². The lowest BCUT2D eigenvalue weighted by molar-refractivity contribution is -0.138. The molecule has 0 radical (unpaired) electrons. The largest absolute Gasteiger partial charge is 0.494 e. The smallest absolute Gasteiger partial charge is 0.306 e. The van der Waals surface area contributed by atoms with E-state index >= 15 is 4.39 Å². The van der Waals surface area contributed by atoms with Gasteiger partial charge in [-0.25, -0.2) is 4.39 Å². The van der Waals surface area contributed by atoms with Crippen LogP contribution in [-0.2, 0) is 21.7 Å². The summed E-state index contributed by atoms with van der Waals surface area (Å²) in [5.74, 6) is -1.78. The van der Waals surface area contributed by atoms with Gasteiger partial charge in [0, 0.05) is 53.9 Å². The Hall–Kier alpha value is -3.17. The Bertz CT molecular complexity index is 1620. The number of rotatable bonds is 8. The van der Waals surface area contributed by atoms with Gasteiger partial charge in [0.25, 0.3) is 0 Å². The van der Waals surface area contributed by atoms with Crippen LogP contribution in [0.25, 0.3) is 0 Å². The van der Waals surface area contributed by atoms with E-state index in [-0.39, 0.29) is 34.8 Å². The van der Waals surface area contributed by atoms with E-state index in [1.807, 2.05) is 37.3 Å². The van der Waals surface area contributed by atoms with E-state index in [1.54, 1.807) is 24.3 Å². The van der Waals surface area contributed by atoms with Crippen LogP contribution in [0.2, 0.25) is 10.0 Å². The molecule has 3 aromatic rings. The number of nitrogens with one attached hydrogen (secondary N) is 1. The van der Waals surface area contributed by atoms with Gasteiger partial charge in [-0.05, 0) is 67.1 Å². The van der Waals surface area contributed by atoms with Gasteiger partial charge in [-0.3, -0.25) is 19.4 Å². The second-order valence-electron chi connectivity index (χ2n) is 12.0. The first kappa shape index (κ1) is 28.6. The summed E-state index contributed by atoms with van der Waals surface area (Å²) in [6, 6.07) is 17.9. The minimum Gasteiger partial charge on any atom is -0.494 e. The minimum absolute atomic E-state index is 0.000480. The number of carbonyl (C=O) groups is 2. The molecule has 0 aromatic heterocycles. The Balaban J connectivity index is 1.42. The van der Waals surface area contributed by atoms with Gasteiger partial charge in [-0.2, -0.15) is 0 Å². The number of halogens is 3. The van der Waals surface area contributed by atoms with Crippen molar-refractivity contribution in [1.29, 1.82) is 0 Å². The number of hydrogen-bond acceptors (Lipinski definition) is 5. The number of aliphatic carboxylic acids is 1. The maximum Gasteiger partial charge on any atom is 0.306 e. The summed E-state index contributed by atoms with van der Waals surface area (Å²) in [5, 5.41) is 13.2. The number of likely N-dealkylation sites (tertiary alicyclic amines) is 2. The lowest BCUT2D eigenvalue weighted by Gasteiger charge is -2.41. The molecule has 1 spiro atoms. The minimum atomic E-state index is -1.27. The molecule has 2 N–H and O–H groups in total. The van der Waals surface area contributed by atoms with Gasteiger partial charge in [-0.15, -0.1) is 0 Å². The topological polar surface area (TPSA) is 82.1 Å². The highest BCUT2D eigenvalue weighted by Crippen LogP contribution is 2.61. The van der Waals surface area contributed by atoms with Gasteiger partial charge in [0.1, 0.15) is 17.1 Å². The standard InChI is InChI=1S/C33H32Cl2FN3O4/c1-2-43-21-6-3-5-18(13-21)16-39-27-11-12-38(17-19-14-23(19)31(40)41)30(27)28(22-7-4-8-25(35)29(22)36)33(39)24-10-9-20(34)15-26(24)37-32(33)42/h3-10,13,15,19,23,27-28,30H,2,11-12,14,16-17H2,1H3,(H,37,42)(H,40,41)/t19?,23?,27-,28-,30+,33+/m0/s1. The Morgan fingerprint density at radius 1 is 1.16 bits per heavy atom. The van der Waals surface area contributed by atoms with Crippen molar-refractivity contribution in [2.75, 3.05) is 25.0 Å². The fourth-order valence-corrected chi connectivity index (χ4v) is 8.34. The van der Waals surface area contributed by atoms with Crippen LogP contribution in [-0.4, -0.2) is 58.6 Å². The van der Waals surface area contributed by atoms with Gasteiger partial charge in [0.2, 0.25) is 5.91 Å². The summed E-state index contributed by atoms with van der Waals surface area (Å²) >= 11 is 12.8. The maximum absolute atomic E-state index is 16.2. The van der Waals surface area contributed by atoms with Crippen molar-refractivity contribution in [3.05, 3.63) is 93.2 Å². The lowest BCUT2D eigenvalue weighted by atomic mass is 9.73. The van der Waals surface area contributed by atoms with Crippen molar-refractivity contribution in [2.45, 2.75) is 49.9 Å². The molecule has 1 aliphatic carbocycles. The average Bonchev–Trinajstić information content (AvgIpc) is 3.44. The molecule has 10 heteroatoms. The van der Waals surface area contributed by atoms with Crippen molar-refractivity contribution in [3.63, 3.8) is 0 Å². The van der Waals surface area contributed by atoms with Gasteiger partial charge >= 0.3 is 5.97 Å². The molecule has 224 valence electrons. The number of carboxylic acid groups (broad SMARTS) is 1. The molecule has 3 aliphatic heterocycles. The number of hydrogen-bond donors (Lipinski definition) is 2. The molecule has 1 saturated carbocycles. The number of fused-ring (bicyclic) bond motifs is 3. The van der Waals surface area contributed by atoms with Crippen molar-refractivity contribution in [2.24, 2.45) is 11.8 Å². The van der Waals surface area contributed by atoms with Gasteiger partial charge < -0.3 is 15.2 Å². The van der Waals surface area contributed by atoms with Gasteiger partial charge in [-0.1, -0.05) is 53.5 Å². The monoisotopic (exact) mass is 623 g/mol. The summed E-state index contributed by atoms with van der Waals surface area (Å²) in [4.78, 5) is 30.8. The normalized spacial score (nSPS) is 29.5. The third-order valence-electron chi connectivity index (χ3n) is 9.75. The molecule has 43 heavy (non-hydrogen) atoms. The van der Waals surface area contributed by atoms with E-state index < -0.39 is 23.2 Å². The highest BCUT2D eigenvalue weighted by atomic mass is 35.5. The molecule has 0 bridgehead atoms. The quantitative estimate of drug-likeness (QED) is 0.314. The van der Waals surface area contributed by atoms with Gasteiger partial charge in [0.15, 0.2) is 0 Å². The fraction of sp³-hybridized carbons (Fsp3) is 0.394. The van der Waals surface area contributed by atoms with E-state index in [0.717, 1.165) is 29.8 Å². The molecule has 4 aliphatic rings. The van der Waals surface area contributed by atoms with Crippen molar-refractivity contribution in [1.82, 2.24) is 9.80 Å². The van der Waals surface area contributed by atoms with E-state index in [2.05, 4.69) is 15.1 Å². The summed E-state index contributed by atoms with van der Waals surface area (Å²) in [7, 11) is 0. The van der Waals surface area contributed by atoms with E-state index in [9.17, 15) is 14.7 Å². The molecule has 2 saturated heterocycles. The number of anilines is 1. The summed E-state index contributed by atoms with van der Waals surface area (Å²) < 4.78 is 21.9. The average molecular weight is 625 g/mol. The Labute approximate surface area is 259 Å². The highest BCUT2D eigenvalue weighted by molar-refractivity contribution is 6.31. The molecule has 3 heterocycles. The van der Waals surface area contributed by atoms with Crippen molar-refractivity contribution in [3.8, 4) is 5.75 Å². The Morgan fingerprint density at radius 3 is 2.74 bits per heavy atom. The number of nitrogens with zero attached hydrogens (tertiary/aromatic N) is 2. The van der Waals surface area contributed by atoms with Crippen LogP contribution in [0.1, 0.15) is 42.4 Å². The van der Waals surface area contributed by atoms with Crippen LogP contribution in [0, 0.1) is 17.7 Å². The first-order valence-corrected chi connectivity index (χ1v) is 15.5. The summed E-state index contributed by atoms with van der Waals surface area (Å²) in [5.41, 5.74) is 1.44. The van der Waals surface area contributed by atoms with E-state index in [4.69, 9.17) is 27.9 Å². The number of amides is 1. The molecule has 7 nitrogen and oxygen atoms in total. The lowest BCUT2D eigenvalue weighted by Crippen LogP contribution is -2.52. The molecule has 3 aromatic carbocycles. The number of benzene rings is 3. The molecule has 1 amide bonds. The van der Waals surface area contributed by atoms with Crippen LogP contribution in [0.15, 0.2) is 60.7 Å². The zero-order chi connectivity index (χ0) is 30.0. The predicted molar refractivity (Wildman–Crippen MR) is 162 cm³/mol. The summed E-state index contributed by atoms with van der Waals surface area (Å²) in [6.07, 6.45) is 1.37. The van der Waals surface area contributed by atoms with E-state index in [1.165, 1.54) is 6.07 Å². The first-order chi connectivity index (χ1) is 20.7.